The van der Waals surface area contributed by atoms with Gasteiger partial charge in [-0.15, -0.1) is 0 Å². The first-order valence-electron chi connectivity index (χ1n) is 6.09. The Labute approximate surface area is 122 Å². The van der Waals surface area contributed by atoms with Crippen LogP contribution in [0.2, 0.25) is 0 Å². The predicted molar refractivity (Wildman–Crippen MR) is 76.3 cm³/mol. The van der Waals surface area contributed by atoms with Crippen molar-refractivity contribution in [3.63, 3.8) is 0 Å². The number of rotatable bonds is 7. The first-order valence-corrected chi connectivity index (χ1v) is 7.63. The van der Waals surface area contributed by atoms with Gasteiger partial charge in [0, 0.05) is 19.8 Å². The van der Waals surface area contributed by atoms with Crippen LogP contribution in [0, 0.1) is 0 Å². The van der Waals surface area contributed by atoms with Gasteiger partial charge >= 0.3 is 7.60 Å². The van der Waals surface area contributed by atoms with Crippen molar-refractivity contribution in [2.45, 2.75) is 6.61 Å². The van der Waals surface area contributed by atoms with Crippen molar-refractivity contribution in [3.8, 4) is 11.3 Å². The van der Waals surface area contributed by atoms with E-state index in [1.807, 2.05) is 6.07 Å². The van der Waals surface area contributed by atoms with Crippen LogP contribution < -0.4 is 5.30 Å². The number of benzene rings is 1. The van der Waals surface area contributed by atoms with E-state index in [-0.39, 0.29) is 6.61 Å². The highest BCUT2D eigenvalue weighted by atomic mass is 31.2. The number of ether oxygens (including phenoxy) is 1. The first-order chi connectivity index (χ1) is 10.1. The summed E-state index contributed by atoms with van der Waals surface area (Å²) in [6.07, 6.45) is 0. The molecular formula is C14H15O6P. The van der Waals surface area contributed by atoms with Crippen LogP contribution in [-0.4, -0.2) is 20.7 Å². The molecule has 7 heteroatoms. The predicted octanol–water partition coefficient (Wildman–Crippen LogP) is 2.73. The van der Waals surface area contributed by atoms with Crippen LogP contribution in [-0.2, 0) is 29.8 Å². The molecule has 2 rings (SSSR count). The molecule has 0 unspecified atom stereocenters. The summed E-state index contributed by atoms with van der Waals surface area (Å²) < 4.78 is 32.5. The molecule has 0 aliphatic rings. The van der Waals surface area contributed by atoms with E-state index in [9.17, 15) is 9.36 Å². The summed E-state index contributed by atoms with van der Waals surface area (Å²) in [6, 6.07) is 10.3. The molecule has 112 valence electrons. The minimum Gasteiger partial charge on any atom is -0.460 e. The fourth-order valence-corrected chi connectivity index (χ4v) is 2.98. The Hall–Kier alpha value is -1.88. The smallest absolute Gasteiger partial charge is 0.360 e. The summed E-state index contributed by atoms with van der Waals surface area (Å²) in [5.74, 6) is 1.09. The Morgan fingerprint density at radius 1 is 1.19 bits per heavy atom. The van der Waals surface area contributed by atoms with Gasteiger partial charge < -0.3 is 18.2 Å². The third kappa shape index (κ3) is 3.42. The van der Waals surface area contributed by atoms with Crippen molar-refractivity contribution in [3.05, 3.63) is 42.2 Å². The SMILES string of the molecule is COP(=O)(OC)c1cccc(-c2ccc(COC=O)o2)c1. The van der Waals surface area contributed by atoms with Crippen molar-refractivity contribution in [1.29, 1.82) is 0 Å². The number of hydrogen-bond donors (Lipinski definition) is 0. The zero-order valence-electron chi connectivity index (χ0n) is 11.6. The average molecular weight is 310 g/mol. The van der Waals surface area contributed by atoms with Crippen LogP contribution in [0.15, 0.2) is 40.8 Å². The van der Waals surface area contributed by atoms with Crippen LogP contribution >= 0.6 is 7.60 Å². The van der Waals surface area contributed by atoms with E-state index < -0.39 is 7.60 Å². The lowest BCUT2D eigenvalue weighted by molar-refractivity contribution is -0.130. The fourth-order valence-electron chi connectivity index (χ4n) is 1.84. The summed E-state index contributed by atoms with van der Waals surface area (Å²) >= 11 is 0. The molecular weight excluding hydrogens is 295 g/mol. The standard InChI is InChI=1S/C14H15O6P/c1-17-21(16,18-2)13-5-3-4-11(8-13)14-7-6-12(20-14)9-19-10-15/h3-8,10H,9H2,1-2H3. The van der Waals surface area contributed by atoms with Crippen molar-refractivity contribution in [2.75, 3.05) is 14.2 Å². The molecule has 0 radical (unpaired) electrons. The largest absolute Gasteiger partial charge is 0.460 e. The lowest BCUT2D eigenvalue weighted by Crippen LogP contribution is -2.07. The molecule has 0 aliphatic heterocycles. The van der Waals surface area contributed by atoms with E-state index in [0.29, 0.717) is 23.3 Å². The van der Waals surface area contributed by atoms with Crippen LogP contribution in [0.5, 0.6) is 0 Å². The number of carbonyl (C=O) groups excluding carboxylic acids is 1. The van der Waals surface area contributed by atoms with Gasteiger partial charge in [-0.05, 0) is 24.3 Å². The second-order valence-electron chi connectivity index (χ2n) is 4.09. The van der Waals surface area contributed by atoms with Crippen LogP contribution in [0.4, 0.5) is 0 Å². The van der Waals surface area contributed by atoms with Crippen LogP contribution in [0.1, 0.15) is 5.76 Å². The highest BCUT2D eigenvalue weighted by molar-refractivity contribution is 7.62. The van der Waals surface area contributed by atoms with E-state index in [1.54, 1.807) is 30.3 Å². The van der Waals surface area contributed by atoms with Crippen molar-refractivity contribution >= 4 is 19.4 Å². The van der Waals surface area contributed by atoms with Gasteiger partial charge in [0.15, 0.2) is 0 Å². The molecule has 2 aromatic rings. The van der Waals surface area contributed by atoms with Gasteiger partial charge in [0.25, 0.3) is 6.47 Å². The zero-order chi connectivity index (χ0) is 15.3. The third-order valence-electron chi connectivity index (χ3n) is 2.88. The second-order valence-corrected chi connectivity index (χ2v) is 6.33. The molecule has 1 aromatic carbocycles. The summed E-state index contributed by atoms with van der Waals surface area (Å²) in [4.78, 5) is 10.2. The molecule has 0 saturated heterocycles. The van der Waals surface area contributed by atoms with Gasteiger partial charge in [-0.2, -0.15) is 0 Å². The lowest BCUT2D eigenvalue weighted by atomic mass is 10.2. The first kappa shape index (κ1) is 15.5. The van der Waals surface area contributed by atoms with E-state index >= 15 is 0 Å². The van der Waals surface area contributed by atoms with Crippen molar-refractivity contribution in [2.24, 2.45) is 0 Å². The fraction of sp³-hybridized carbons (Fsp3) is 0.214. The van der Waals surface area contributed by atoms with Crippen molar-refractivity contribution in [1.82, 2.24) is 0 Å². The molecule has 0 N–H and O–H groups in total. The van der Waals surface area contributed by atoms with Gasteiger partial charge in [0.05, 0.1) is 5.30 Å². The number of carbonyl (C=O) groups is 1. The highest BCUT2D eigenvalue weighted by Crippen LogP contribution is 2.45. The molecule has 0 saturated carbocycles. The van der Waals surface area contributed by atoms with Gasteiger partial charge in [0.1, 0.15) is 18.1 Å². The minimum absolute atomic E-state index is 0.0673. The highest BCUT2D eigenvalue weighted by Gasteiger charge is 2.24. The Bertz CT molecular complexity index is 655. The normalized spacial score (nSPS) is 11.3. The third-order valence-corrected chi connectivity index (χ3v) is 4.75. The van der Waals surface area contributed by atoms with Gasteiger partial charge in [-0.25, -0.2) is 0 Å². The average Bonchev–Trinajstić information content (AvgIpc) is 3.01. The molecule has 0 aliphatic carbocycles. The van der Waals surface area contributed by atoms with Gasteiger partial charge in [-0.1, -0.05) is 12.1 Å². The number of hydrogen-bond acceptors (Lipinski definition) is 6. The van der Waals surface area contributed by atoms with Gasteiger partial charge in [0.2, 0.25) is 0 Å². The van der Waals surface area contributed by atoms with Crippen LogP contribution in [0.3, 0.4) is 0 Å². The number of furan rings is 1. The topological polar surface area (TPSA) is 75.0 Å². The van der Waals surface area contributed by atoms with Crippen LogP contribution in [0.25, 0.3) is 11.3 Å². The maximum absolute atomic E-state index is 12.3. The zero-order valence-corrected chi connectivity index (χ0v) is 12.5. The maximum atomic E-state index is 12.3. The second kappa shape index (κ2) is 6.72. The van der Waals surface area contributed by atoms with E-state index in [2.05, 4.69) is 4.74 Å². The van der Waals surface area contributed by atoms with E-state index in [0.717, 1.165) is 5.56 Å². The Morgan fingerprint density at radius 3 is 2.62 bits per heavy atom. The summed E-state index contributed by atoms with van der Waals surface area (Å²) in [7, 11) is -0.640. The van der Waals surface area contributed by atoms with Crippen molar-refractivity contribution < 1.29 is 27.6 Å². The van der Waals surface area contributed by atoms with E-state index in [4.69, 9.17) is 13.5 Å². The Morgan fingerprint density at radius 2 is 1.95 bits per heavy atom. The van der Waals surface area contributed by atoms with E-state index in [1.165, 1.54) is 14.2 Å². The molecule has 1 heterocycles. The Balaban J connectivity index is 2.31. The summed E-state index contributed by atoms with van der Waals surface area (Å²) in [6.45, 7) is 0.425. The molecule has 0 atom stereocenters. The quantitative estimate of drug-likeness (QED) is 0.578. The molecule has 6 nitrogen and oxygen atoms in total. The molecule has 1 aromatic heterocycles. The molecule has 0 spiro atoms. The molecule has 0 bridgehead atoms. The molecule has 21 heavy (non-hydrogen) atoms. The Kier molecular flexibility index (Phi) is 4.96. The molecule has 0 amide bonds. The summed E-state index contributed by atoms with van der Waals surface area (Å²) in [5.41, 5.74) is 0.721. The lowest BCUT2D eigenvalue weighted by Gasteiger charge is -2.14. The monoisotopic (exact) mass is 310 g/mol. The maximum Gasteiger partial charge on any atom is 0.360 e. The summed E-state index contributed by atoms with van der Waals surface area (Å²) in [5, 5.41) is 0.437. The van der Waals surface area contributed by atoms with Gasteiger partial charge in [-0.3, -0.25) is 9.36 Å². The molecule has 0 fully saturated rings. The minimum atomic E-state index is -3.30.